The molecule has 38 heavy (non-hydrogen) atoms. The summed E-state index contributed by atoms with van der Waals surface area (Å²) in [5.74, 6) is -1.71. The zero-order valence-electron chi connectivity index (χ0n) is 21.7. The van der Waals surface area contributed by atoms with Crippen LogP contribution in [0.15, 0.2) is 42.5 Å². The van der Waals surface area contributed by atoms with Crippen molar-refractivity contribution in [3.05, 3.63) is 70.0 Å². The number of anilines is 1. The predicted molar refractivity (Wildman–Crippen MR) is 142 cm³/mol. The van der Waals surface area contributed by atoms with Gasteiger partial charge in [0.1, 0.15) is 16.7 Å². The van der Waals surface area contributed by atoms with Crippen LogP contribution in [0.4, 0.5) is 10.1 Å². The van der Waals surface area contributed by atoms with E-state index in [2.05, 4.69) is 9.69 Å². The van der Waals surface area contributed by atoms with Gasteiger partial charge in [-0.05, 0) is 67.7 Å². The van der Waals surface area contributed by atoms with Crippen LogP contribution < -0.4 is 26.3 Å². The number of nitrogens with one attached hydrogen (secondary N) is 1. The number of carbonyl (C=O) groups excluding carboxylic acids is 3. The second-order valence-corrected chi connectivity index (χ2v) is 10.2. The molecule has 0 saturated heterocycles. The number of nitrogens with two attached hydrogens (primary N) is 2. The van der Waals surface area contributed by atoms with Crippen LogP contribution in [0.5, 0.6) is 11.5 Å². The number of hydrogen-bond acceptors (Lipinski definition) is 8. The van der Waals surface area contributed by atoms with Gasteiger partial charge in [-0.2, -0.15) is 4.37 Å². The molecule has 1 heterocycles. The van der Waals surface area contributed by atoms with Gasteiger partial charge in [0.05, 0.1) is 19.9 Å². The van der Waals surface area contributed by atoms with Gasteiger partial charge >= 0.3 is 0 Å². The summed E-state index contributed by atoms with van der Waals surface area (Å²) in [5.41, 5.74) is 11.3. The Kier molecular flexibility index (Phi) is 8.56. The number of nitrogen functional groups attached to an aromatic ring is 1. The molecule has 0 saturated carbocycles. The highest BCUT2D eigenvalue weighted by atomic mass is 32.1. The lowest BCUT2D eigenvalue weighted by Gasteiger charge is -2.34. The molecule has 1 aromatic heterocycles. The van der Waals surface area contributed by atoms with Gasteiger partial charge < -0.3 is 31.2 Å². The van der Waals surface area contributed by atoms with Crippen molar-refractivity contribution in [3.63, 3.8) is 0 Å². The fourth-order valence-corrected chi connectivity index (χ4v) is 4.52. The molecule has 1 atom stereocenters. The third kappa shape index (κ3) is 6.38. The average Bonchev–Trinajstić information content (AvgIpc) is 3.24. The Labute approximate surface area is 223 Å². The second-order valence-electron chi connectivity index (χ2n) is 9.45. The van der Waals surface area contributed by atoms with E-state index < -0.39 is 35.1 Å². The molecule has 0 aliphatic carbocycles. The molecule has 3 rings (SSSR count). The number of rotatable bonds is 9. The summed E-state index contributed by atoms with van der Waals surface area (Å²) in [5, 5.41) is 2.92. The first-order valence-corrected chi connectivity index (χ1v) is 12.3. The van der Waals surface area contributed by atoms with Crippen molar-refractivity contribution in [3.8, 4) is 11.5 Å². The maximum absolute atomic E-state index is 14.0. The fourth-order valence-electron chi connectivity index (χ4n) is 3.76. The quantitative estimate of drug-likeness (QED) is 0.375. The topological polar surface area (TPSA) is 150 Å². The molecule has 2 aromatic carbocycles. The number of carbonyl (C=O) groups is 3. The normalized spacial score (nSPS) is 11.9. The van der Waals surface area contributed by atoms with Crippen LogP contribution in [-0.2, 0) is 11.3 Å². The Morgan fingerprint density at radius 2 is 1.71 bits per heavy atom. The van der Waals surface area contributed by atoms with Gasteiger partial charge in [0.15, 0.2) is 17.2 Å². The summed E-state index contributed by atoms with van der Waals surface area (Å²) < 4.78 is 28.3. The maximum Gasteiger partial charge on any atom is 0.270 e. The van der Waals surface area contributed by atoms with Crippen molar-refractivity contribution in [2.24, 2.45) is 5.73 Å². The highest BCUT2D eigenvalue weighted by Crippen LogP contribution is 2.35. The van der Waals surface area contributed by atoms with Gasteiger partial charge in [-0.25, -0.2) is 4.39 Å². The molecule has 5 N–H and O–H groups in total. The average molecular weight is 544 g/mol. The molecular weight excluding hydrogens is 513 g/mol. The lowest BCUT2D eigenvalue weighted by molar-refractivity contribution is -0.127. The minimum absolute atomic E-state index is 0.0602. The SMILES string of the molecule is COc1ccc([C@H](C(=O)NC(C)(C)C)N(Cc2ccc(F)cc2)C(=O)c2snc(C(N)=O)c2N)cc1OC. The molecule has 0 aliphatic heterocycles. The van der Waals surface area contributed by atoms with Gasteiger partial charge in [-0.1, -0.05) is 18.2 Å². The van der Waals surface area contributed by atoms with Gasteiger partial charge in [-0.15, -0.1) is 0 Å². The van der Waals surface area contributed by atoms with Crippen LogP contribution in [0.25, 0.3) is 0 Å². The first-order chi connectivity index (χ1) is 17.9. The van der Waals surface area contributed by atoms with Crippen molar-refractivity contribution in [1.82, 2.24) is 14.6 Å². The van der Waals surface area contributed by atoms with E-state index in [0.29, 0.717) is 34.2 Å². The van der Waals surface area contributed by atoms with Crippen molar-refractivity contribution < 1.29 is 28.2 Å². The summed E-state index contributed by atoms with van der Waals surface area (Å²) in [6, 6.07) is 9.20. The van der Waals surface area contributed by atoms with Gasteiger partial charge in [0, 0.05) is 12.1 Å². The summed E-state index contributed by atoms with van der Waals surface area (Å²) >= 11 is 0.702. The maximum atomic E-state index is 14.0. The van der Waals surface area contributed by atoms with Crippen LogP contribution in [0.1, 0.15) is 58.1 Å². The molecule has 12 heteroatoms. The standard InChI is InChI=1S/C26H30FN5O5S/c1-26(2,3)30-24(34)21(15-8-11-17(36-4)18(12-15)37-5)32(13-14-6-9-16(27)10-7-14)25(35)22-19(28)20(23(29)33)31-38-22/h6-12,21H,13,28H2,1-5H3,(H2,29,33)(H,30,34)/t21-/m1/s1. The Morgan fingerprint density at radius 3 is 2.24 bits per heavy atom. The first kappa shape index (κ1) is 28.4. The molecule has 3 amide bonds. The summed E-state index contributed by atoms with van der Waals surface area (Å²) in [6.07, 6.45) is 0. The number of nitrogens with zero attached hydrogens (tertiary/aromatic N) is 2. The predicted octanol–water partition coefficient (Wildman–Crippen LogP) is 3.28. The smallest absolute Gasteiger partial charge is 0.270 e. The lowest BCUT2D eigenvalue weighted by atomic mass is 9.99. The summed E-state index contributed by atoms with van der Waals surface area (Å²) in [6.45, 7) is 5.33. The molecule has 0 radical (unpaired) electrons. The number of benzene rings is 2. The van der Waals surface area contributed by atoms with E-state index in [9.17, 15) is 18.8 Å². The zero-order valence-corrected chi connectivity index (χ0v) is 22.5. The number of primary amides is 1. The first-order valence-electron chi connectivity index (χ1n) is 11.5. The molecular formula is C26H30FN5O5S. The van der Waals surface area contributed by atoms with Crippen molar-refractivity contribution in [1.29, 1.82) is 0 Å². The van der Waals surface area contributed by atoms with E-state index in [-0.39, 0.29) is 22.8 Å². The Hall–Kier alpha value is -4.19. The number of halogens is 1. The summed E-state index contributed by atoms with van der Waals surface area (Å²) in [4.78, 5) is 40.7. The van der Waals surface area contributed by atoms with E-state index in [1.165, 1.54) is 43.4 Å². The van der Waals surface area contributed by atoms with Gasteiger partial charge in [0.2, 0.25) is 5.91 Å². The molecule has 0 bridgehead atoms. The largest absolute Gasteiger partial charge is 0.493 e. The number of ether oxygens (including phenoxy) is 2. The molecule has 0 fully saturated rings. The van der Waals surface area contributed by atoms with Gasteiger partial charge in [-0.3, -0.25) is 14.4 Å². The van der Waals surface area contributed by atoms with E-state index in [1.807, 2.05) is 20.8 Å². The van der Waals surface area contributed by atoms with Crippen LogP contribution in [0.3, 0.4) is 0 Å². The fraction of sp³-hybridized carbons (Fsp3) is 0.308. The second kappa shape index (κ2) is 11.5. The number of methoxy groups -OCH3 is 2. The minimum Gasteiger partial charge on any atom is -0.493 e. The lowest BCUT2D eigenvalue weighted by Crippen LogP contribution is -2.49. The molecule has 0 aliphatic rings. The van der Waals surface area contributed by atoms with Crippen molar-refractivity contribution in [2.45, 2.75) is 38.9 Å². The summed E-state index contributed by atoms with van der Waals surface area (Å²) in [7, 11) is 2.94. The van der Waals surface area contributed by atoms with Crippen LogP contribution >= 0.6 is 11.5 Å². The van der Waals surface area contributed by atoms with E-state index >= 15 is 0 Å². The van der Waals surface area contributed by atoms with Crippen LogP contribution in [-0.4, -0.2) is 46.8 Å². The highest BCUT2D eigenvalue weighted by molar-refractivity contribution is 7.09. The molecule has 202 valence electrons. The molecule has 0 unspecified atom stereocenters. The Morgan fingerprint density at radius 1 is 1.08 bits per heavy atom. The highest BCUT2D eigenvalue weighted by Gasteiger charge is 2.36. The molecule has 0 spiro atoms. The van der Waals surface area contributed by atoms with Crippen molar-refractivity contribution in [2.75, 3.05) is 20.0 Å². The van der Waals surface area contributed by atoms with E-state index in [1.54, 1.807) is 18.2 Å². The number of aromatic nitrogens is 1. The zero-order chi connectivity index (χ0) is 28.2. The third-order valence-corrected chi connectivity index (χ3v) is 6.32. The number of amides is 3. The van der Waals surface area contributed by atoms with Crippen LogP contribution in [0, 0.1) is 5.82 Å². The third-order valence-electron chi connectivity index (χ3n) is 5.46. The van der Waals surface area contributed by atoms with E-state index in [4.69, 9.17) is 20.9 Å². The van der Waals surface area contributed by atoms with Crippen LogP contribution in [0.2, 0.25) is 0 Å². The van der Waals surface area contributed by atoms with Gasteiger partial charge in [0.25, 0.3) is 11.8 Å². The number of hydrogen-bond donors (Lipinski definition) is 3. The minimum atomic E-state index is -1.19. The Balaban J connectivity index is 2.22. The Bertz CT molecular complexity index is 1340. The van der Waals surface area contributed by atoms with E-state index in [0.717, 1.165) is 0 Å². The monoisotopic (exact) mass is 543 g/mol. The van der Waals surface area contributed by atoms with Crippen molar-refractivity contribution >= 4 is 34.9 Å². The molecule has 10 nitrogen and oxygen atoms in total. The molecule has 3 aromatic rings.